The van der Waals surface area contributed by atoms with Crippen molar-refractivity contribution in [3.8, 4) is 6.07 Å². The summed E-state index contributed by atoms with van der Waals surface area (Å²) in [7, 11) is 0. The molecule has 0 bridgehead atoms. The van der Waals surface area contributed by atoms with Crippen LogP contribution >= 0.6 is 11.6 Å². The summed E-state index contributed by atoms with van der Waals surface area (Å²) in [6, 6.07) is 12.3. The highest BCUT2D eigenvalue weighted by atomic mass is 35.5. The van der Waals surface area contributed by atoms with Crippen molar-refractivity contribution >= 4 is 28.9 Å². The van der Waals surface area contributed by atoms with Gasteiger partial charge in [0.15, 0.2) is 0 Å². The molecule has 0 atom stereocenters. The summed E-state index contributed by atoms with van der Waals surface area (Å²) < 4.78 is 0. The van der Waals surface area contributed by atoms with Crippen molar-refractivity contribution in [2.24, 2.45) is 0 Å². The van der Waals surface area contributed by atoms with Crippen molar-refractivity contribution in [3.63, 3.8) is 0 Å². The Balaban J connectivity index is 2.28. The standard InChI is InChI=1S/C12H9ClN4/c13-9-6-8(7-14)4-5-10(9)16-12-3-1-2-11(15)17-12/h1-6H,(H3,15,16,17). The van der Waals surface area contributed by atoms with E-state index in [2.05, 4.69) is 10.3 Å². The minimum absolute atomic E-state index is 0.430. The molecule has 2 rings (SSSR count). The predicted octanol–water partition coefficient (Wildman–Crippen LogP) is 2.93. The number of anilines is 3. The number of rotatable bonds is 2. The third-order valence-electron chi connectivity index (χ3n) is 2.13. The monoisotopic (exact) mass is 244 g/mol. The zero-order valence-corrected chi connectivity index (χ0v) is 9.57. The Labute approximate surface area is 104 Å². The van der Waals surface area contributed by atoms with Gasteiger partial charge in [0.25, 0.3) is 0 Å². The van der Waals surface area contributed by atoms with Crippen LogP contribution in [-0.2, 0) is 0 Å². The summed E-state index contributed by atoms with van der Waals surface area (Å²) in [5, 5.41) is 12.2. The van der Waals surface area contributed by atoms with E-state index in [0.29, 0.717) is 27.9 Å². The molecule has 4 nitrogen and oxygen atoms in total. The summed E-state index contributed by atoms with van der Waals surface area (Å²) in [6.07, 6.45) is 0. The normalized spacial score (nSPS) is 9.65. The summed E-state index contributed by atoms with van der Waals surface area (Å²) in [5.41, 5.74) is 6.77. The van der Waals surface area contributed by atoms with E-state index in [9.17, 15) is 0 Å². The maximum atomic E-state index is 8.72. The molecule has 0 radical (unpaired) electrons. The lowest BCUT2D eigenvalue weighted by Gasteiger charge is -2.07. The minimum Gasteiger partial charge on any atom is -0.384 e. The molecule has 0 spiro atoms. The smallest absolute Gasteiger partial charge is 0.132 e. The first-order valence-electron chi connectivity index (χ1n) is 4.88. The van der Waals surface area contributed by atoms with Gasteiger partial charge in [-0.3, -0.25) is 0 Å². The van der Waals surface area contributed by atoms with Gasteiger partial charge in [0.1, 0.15) is 11.6 Å². The second-order valence-electron chi connectivity index (χ2n) is 3.38. The van der Waals surface area contributed by atoms with Crippen molar-refractivity contribution in [3.05, 3.63) is 47.0 Å². The van der Waals surface area contributed by atoms with E-state index >= 15 is 0 Å². The Morgan fingerprint density at radius 1 is 1.29 bits per heavy atom. The fourth-order valence-electron chi connectivity index (χ4n) is 1.35. The molecule has 1 aromatic carbocycles. The van der Waals surface area contributed by atoms with E-state index in [-0.39, 0.29) is 0 Å². The van der Waals surface area contributed by atoms with Gasteiger partial charge in [-0.25, -0.2) is 4.98 Å². The number of nitrogen functional groups attached to an aromatic ring is 1. The molecule has 0 saturated heterocycles. The Morgan fingerprint density at radius 3 is 2.76 bits per heavy atom. The molecule has 0 fully saturated rings. The first-order chi connectivity index (χ1) is 8.19. The van der Waals surface area contributed by atoms with Gasteiger partial charge in [0.2, 0.25) is 0 Å². The zero-order valence-electron chi connectivity index (χ0n) is 8.81. The van der Waals surface area contributed by atoms with Gasteiger partial charge in [-0.2, -0.15) is 5.26 Å². The predicted molar refractivity (Wildman–Crippen MR) is 68.1 cm³/mol. The van der Waals surface area contributed by atoms with Gasteiger partial charge in [-0.1, -0.05) is 17.7 Å². The molecule has 0 aliphatic heterocycles. The first kappa shape index (κ1) is 11.2. The lowest BCUT2D eigenvalue weighted by Crippen LogP contribution is -1.97. The van der Waals surface area contributed by atoms with Crippen molar-refractivity contribution in [1.29, 1.82) is 5.26 Å². The second kappa shape index (κ2) is 4.73. The number of nitrogens with one attached hydrogen (secondary N) is 1. The SMILES string of the molecule is N#Cc1ccc(Nc2cccc(N)n2)c(Cl)c1. The van der Waals surface area contributed by atoms with Crippen molar-refractivity contribution in [2.75, 3.05) is 11.1 Å². The number of nitrogens with zero attached hydrogens (tertiary/aromatic N) is 2. The van der Waals surface area contributed by atoms with E-state index < -0.39 is 0 Å². The number of benzene rings is 1. The van der Waals surface area contributed by atoms with E-state index in [1.165, 1.54) is 0 Å². The molecule has 17 heavy (non-hydrogen) atoms. The quantitative estimate of drug-likeness (QED) is 0.852. The molecule has 2 aromatic rings. The lowest BCUT2D eigenvalue weighted by molar-refractivity contribution is 1.31. The van der Waals surface area contributed by atoms with E-state index in [4.69, 9.17) is 22.6 Å². The molecule has 84 valence electrons. The molecular weight excluding hydrogens is 236 g/mol. The van der Waals surface area contributed by atoms with Crippen LogP contribution in [0.5, 0.6) is 0 Å². The number of pyridine rings is 1. The zero-order chi connectivity index (χ0) is 12.3. The third kappa shape index (κ3) is 2.65. The van der Waals surface area contributed by atoms with Crippen LogP contribution in [0.15, 0.2) is 36.4 Å². The number of nitrogens with two attached hydrogens (primary N) is 1. The maximum Gasteiger partial charge on any atom is 0.132 e. The van der Waals surface area contributed by atoms with Gasteiger partial charge in [0, 0.05) is 0 Å². The molecule has 0 amide bonds. The van der Waals surface area contributed by atoms with Crippen LogP contribution in [0.25, 0.3) is 0 Å². The molecule has 1 heterocycles. The highest BCUT2D eigenvalue weighted by Gasteiger charge is 2.03. The van der Waals surface area contributed by atoms with Crippen LogP contribution in [0.4, 0.5) is 17.3 Å². The topological polar surface area (TPSA) is 74.7 Å². The fraction of sp³-hybridized carbons (Fsp3) is 0. The number of hydrogen-bond acceptors (Lipinski definition) is 4. The van der Waals surface area contributed by atoms with Crippen molar-refractivity contribution in [2.45, 2.75) is 0 Å². The van der Waals surface area contributed by atoms with Crippen LogP contribution < -0.4 is 11.1 Å². The Bertz CT molecular complexity index is 589. The van der Waals surface area contributed by atoms with Crippen LogP contribution in [0.2, 0.25) is 5.02 Å². The van der Waals surface area contributed by atoms with E-state index in [1.54, 1.807) is 36.4 Å². The number of halogens is 1. The highest BCUT2D eigenvalue weighted by Crippen LogP contribution is 2.25. The summed E-state index contributed by atoms with van der Waals surface area (Å²) in [6.45, 7) is 0. The Morgan fingerprint density at radius 2 is 2.12 bits per heavy atom. The fourth-order valence-corrected chi connectivity index (χ4v) is 1.57. The number of hydrogen-bond donors (Lipinski definition) is 2. The van der Waals surface area contributed by atoms with Gasteiger partial charge in [-0.05, 0) is 30.3 Å². The molecule has 1 aromatic heterocycles. The van der Waals surface area contributed by atoms with Crippen LogP contribution in [-0.4, -0.2) is 4.98 Å². The van der Waals surface area contributed by atoms with Gasteiger partial charge in [-0.15, -0.1) is 0 Å². The first-order valence-corrected chi connectivity index (χ1v) is 5.26. The van der Waals surface area contributed by atoms with Gasteiger partial charge in [0.05, 0.1) is 22.3 Å². The molecule has 3 N–H and O–H groups in total. The van der Waals surface area contributed by atoms with Crippen LogP contribution in [0.3, 0.4) is 0 Å². The molecule has 0 saturated carbocycles. The number of nitriles is 1. The molecule has 0 unspecified atom stereocenters. The Kier molecular flexibility index (Phi) is 3.12. The largest absolute Gasteiger partial charge is 0.384 e. The highest BCUT2D eigenvalue weighted by molar-refractivity contribution is 6.33. The lowest BCUT2D eigenvalue weighted by atomic mass is 10.2. The van der Waals surface area contributed by atoms with Gasteiger partial charge >= 0.3 is 0 Å². The third-order valence-corrected chi connectivity index (χ3v) is 2.44. The molecule has 0 aliphatic rings. The summed E-state index contributed by atoms with van der Waals surface area (Å²) >= 11 is 6.03. The molecule has 5 heteroatoms. The van der Waals surface area contributed by atoms with Gasteiger partial charge < -0.3 is 11.1 Å². The molecular formula is C12H9ClN4. The van der Waals surface area contributed by atoms with E-state index in [0.717, 1.165) is 0 Å². The van der Waals surface area contributed by atoms with Crippen molar-refractivity contribution in [1.82, 2.24) is 4.98 Å². The summed E-state index contributed by atoms with van der Waals surface area (Å²) in [5.74, 6) is 1.04. The average Bonchev–Trinajstić information content (AvgIpc) is 2.32. The summed E-state index contributed by atoms with van der Waals surface area (Å²) in [4.78, 5) is 4.10. The maximum absolute atomic E-state index is 8.72. The number of aromatic nitrogens is 1. The Hall–Kier alpha value is -2.25. The molecule has 0 aliphatic carbocycles. The van der Waals surface area contributed by atoms with Crippen molar-refractivity contribution < 1.29 is 0 Å². The van der Waals surface area contributed by atoms with Crippen LogP contribution in [0, 0.1) is 11.3 Å². The minimum atomic E-state index is 0.430. The van der Waals surface area contributed by atoms with E-state index in [1.807, 2.05) is 6.07 Å². The second-order valence-corrected chi connectivity index (χ2v) is 3.79. The van der Waals surface area contributed by atoms with Crippen LogP contribution in [0.1, 0.15) is 5.56 Å². The average molecular weight is 245 g/mol.